The van der Waals surface area contributed by atoms with Gasteiger partial charge in [-0.15, -0.1) is 11.8 Å². The Labute approximate surface area is 178 Å². The molecule has 12 heteroatoms. The summed E-state index contributed by atoms with van der Waals surface area (Å²) in [4.78, 5) is 46.4. The Morgan fingerprint density at radius 3 is 1.93 bits per heavy atom. The molecule has 0 unspecified atom stereocenters. The van der Waals surface area contributed by atoms with Crippen molar-refractivity contribution < 1.29 is 38.1 Å². The van der Waals surface area contributed by atoms with Crippen molar-refractivity contribution in [3.63, 3.8) is 0 Å². The average molecular weight is 451 g/mol. The third kappa shape index (κ3) is 8.44. The van der Waals surface area contributed by atoms with Crippen molar-refractivity contribution in [1.29, 1.82) is 0 Å². The molecule has 1 rings (SSSR count). The van der Waals surface area contributed by atoms with Crippen molar-refractivity contribution in [3.8, 4) is 0 Å². The van der Waals surface area contributed by atoms with Crippen LogP contribution in [0.4, 0.5) is 0 Å². The third-order valence-electron chi connectivity index (χ3n) is 3.62. The molecule has 0 aliphatic carbocycles. The Kier molecular flexibility index (Phi) is 10.2. The molecule has 1 aliphatic heterocycles. The van der Waals surface area contributed by atoms with Crippen LogP contribution in [0.15, 0.2) is 0 Å². The standard InChI is InChI=1S/C17H26N2O8S2/c1-6-18-17(28)19-13-15(26-10(4)22)14(25-9(3)21)12(7-24-8(2)20)29-16(13)27-11(5)23/h12-16H,6-7H2,1-5H3,(H2,18,19,28)/t12-,13-,14-,15-,16+/m1/s1. The zero-order valence-corrected chi connectivity index (χ0v) is 18.5. The quantitative estimate of drug-likeness (QED) is 0.314. The zero-order chi connectivity index (χ0) is 22.1. The summed E-state index contributed by atoms with van der Waals surface area (Å²) in [6.07, 6.45) is -2.03. The van der Waals surface area contributed by atoms with Crippen LogP contribution in [-0.2, 0) is 38.1 Å². The molecule has 1 saturated heterocycles. The number of hydrogen-bond acceptors (Lipinski definition) is 10. The lowest BCUT2D eigenvalue weighted by molar-refractivity contribution is -0.173. The second-order valence-corrected chi connectivity index (χ2v) is 7.88. The van der Waals surface area contributed by atoms with Gasteiger partial charge in [0, 0.05) is 34.2 Å². The maximum atomic E-state index is 11.8. The molecular weight excluding hydrogens is 424 g/mol. The molecule has 0 saturated carbocycles. The van der Waals surface area contributed by atoms with Gasteiger partial charge in [0.2, 0.25) is 0 Å². The van der Waals surface area contributed by atoms with Gasteiger partial charge in [0.25, 0.3) is 0 Å². The van der Waals surface area contributed by atoms with Crippen LogP contribution < -0.4 is 10.6 Å². The van der Waals surface area contributed by atoms with E-state index < -0.39 is 52.8 Å². The van der Waals surface area contributed by atoms with Crippen molar-refractivity contribution in [3.05, 3.63) is 0 Å². The Morgan fingerprint density at radius 2 is 1.45 bits per heavy atom. The largest absolute Gasteiger partial charge is 0.465 e. The minimum absolute atomic E-state index is 0.141. The second kappa shape index (κ2) is 11.8. The molecule has 0 bridgehead atoms. The molecule has 1 fully saturated rings. The number of rotatable bonds is 7. The normalized spacial score (nSPS) is 25.9. The lowest BCUT2D eigenvalue weighted by Gasteiger charge is -2.44. The minimum Gasteiger partial charge on any atom is -0.465 e. The molecule has 2 N–H and O–H groups in total. The highest BCUT2D eigenvalue weighted by Gasteiger charge is 2.51. The summed E-state index contributed by atoms with van der Waals surface area (Å²) in [6.45, 7) is 7.12. The Morgan fingerprint density at radius 1 is 0.897 bits per heavy atom. The molecule has 0 aromatic rings. The first-order valence-corrected chi connectivity index (χ1v) is 10.2. The first-order chi connectivity index (χ1) is 13.5. The van der Waals surface area contributed by atoms with Crippen LogP contribution in [-0.4, -0.2) is 71.1 Å². The second-order valence-electron chi connectivity index (χ2n) is 6.13. The van der Waals surface area contributed by atoms with Crippen molar-refractivity contribution >= 4 is 53.0 Å². The number of ether oxygens (including phenoxy) is 4. The fourth-order valence-electron chi connectivity index (χ4n) is 2.68. The summed E-state index contributed by atoms with van der Waals surface area (Å²) < 4.78 is 21.3. The Hall–Kier alpha value is -2.08. The van der Waals surface area contributed by atoms with Crippen molar-refractivity contribution in [2.24, 2.45) is 0 Å². The number of nitrogens with one attached hydrogen (secondary N) is 2. The van der Waals surface area contributed by atoms with Crippen LogP contribution in [0.2, 0.25) is 0 Å². The fourth-order valence-corrected chi connectivity index (χ4v) is 4.40. The van der Waals surface area contributed by atoms with Gasteiger partial charge in [0.1, 0.15) is 12.6 Å². The Balaban J connectivity index is 3.31. The molecule has 164 valence electrons. The fraction of sp³-hybridized carbons (Fsp3) is 0.706. The van der Waals surface area contributed by atoms with Crippen LogP contribution in [0, 0.1) is 0 Å². The maximum Gasteiger partial charge on any atom is 0.303 e. The summed E-state index contributed by atoms with van der Waals surface area (Å²) in [7, 11) is 0. The highest BCUT2D eigenvalue weighted by molar-refractivity contribution is 8.00. The van der Waals surface area contributed by atoms with Gasteiger partial charge in [-0.05, 0) is 19.1 Å². The van der Waals surface area contributed by atoms with Crippen molar-refractivity contribution in [2.45, 2.75) is 63.6 Å². The van der Waals surface area contributed by atoms with Crippen LogP contribution in [0.1, 0.15) is 34.6 Å². The van der Waals surface area contributed by atoms with Crippen LogP contribution in [0.3, 0.4) is 0 Å². The summed E-state index contributed by atoms with van der Waals surface area (Å²) in [5, 5.41) is 5.46. The predicted molar refractivity (Wildman–Crippen MR) is 108 cm³/mol. The number of thioether (sulfide) groups is 1. The first kappa shape index (κ1) is 25.0. The van der Waals surface area contributed by atoms with Gasteiger partial charge in [-0.3, -0.25) is 19.2 Å². The van der Waals surface area contributed by atoms with Gasteiger partial charge in [-0.1, -0.05) is 0 Å². The van der Waals surface area contributed by atoms with E-state index in [1.807, 2.05) is 6.92 Å². The van der Waals surface area contributed by atoms with E-state index in [1.54, 1.807) is 0 Å². The highest BCUT2D eigenvalue weighted by atomic mass is 32.2. The van der Waals surface area contributed by atoms with Crippen LogP contribution >= 0.6 is 24.0 Å². The molecule has 0 aromatic heterocycles. The molecule has 0 aromatic carbocycles. The van der Waals surface area contributed by atoms with Gasteiger partial charge in [0.15, 0.2) is 22.8 Å². The first-order valence-electron chi connectivity index (χ1n) is 8.90. The van der Waals surface area contributed by atoms with Crippen molar-refractivity contribution in [1.82, 2.24) is 10.6 Å². The lowest BCUT2D eigenvalue weighted by Crippen LogP contribution is -2.64. The average Bonchev–Trinajstić information content (AvgIpc) is 2.57. The molecule has 5 atom stereocenters. The van der Waals surface area contributed by atoms with E-state index >= 15 is 0 Å². The number of carbonyl (C=O) groups excluding carboxylic acids is 4. The molecular formula is C17H26N2O8S2. The van der Waals surface area contributed by atoms with Crippen LogP contribution in [0.25, 0.3) is 0 Å². The molecule has 1 aliphatic rings. The zero-order valence-electron chi connectivity index (χ0n) is 16.9. The molecule has 0 spiro atoms. The SMILES string of the molecule is CCNC(=S)N[C@@H]1[C@@H](OC(C)=O)[C@H](OC(C)=O)[C@@H](COC(C)=O)S[C@@H]1OC(C)=O. The van der Waals surface area contributed by atoms with E-state index in [0.29, 0.717) is 6.54 Å². The Bertz CT molecular complexity index is 645. The summed E-state index contributed by atoms with van der Waals surface area (Å²) in [6, 6.07) is -0.822. The monoisotopic (exact) mass is 450 g/mol. The van der Waals surface area contributed by atoms with E-state index in [4.69, 9.17) is 31.2 Å². The van der Waals surface area contributed by atoms with E-state index in [-0.39, 0.29) is 11.7 Å². The van der Waals surface area contributed by atoms with E-state index in [9.17, 15) is 19.2 Å². The summed E-state index contributed by atoms with van der Waals surface area (Å²) in [5.74, 6) is -2.34. The number of thiocarbonyl (C=S) groups is 1. The smallest absolute Gasteiger partial charge is 0.303 e. The maximum absolute atomic E-state index is 11.8. The van der Waals surface area contributed by atoms with E-state index in [0.717, 1.165) is 11.8 Å². The topological polar surface area (TPSA) is 129 Å². The van der Waals surface area contributed by atoms with Gasteiger partial charge in [-0.25, -0.2) is 0 Å². The number of hydrogen-bond donors (Lipinski definition) is 2. The summed E-state index contributed by atoms with van der Waals surface area (Å²) in [5.41, 5.74) is -0.860. The summed E-state index contributed by atoms with van der Waals surface area (Å²) >= 11 is 6.33. The van der Waals surface area contributed by atoms with Gasteiger partial charge < -0.3 is 29.6 Å². The van der Waals surface area contributed by atoms with Gasteiger partial charge >= 0.3 is 23.9 Å². The van der Waals surface area contributed by atoms with E-state index in [2.05, 4.69) is 10.6 Å². The predicted octanol–water partition coefficient (Wildman–Crippen LogP) is 0.270. The molecule has 29 heavy (non-hydrogen) atoms. The van der Waals surface area contributed by atoms with E-state index in [1.165, 1.54) is 27.7 Å². The molecule has 0 radical (unpaired) electrons. The number of esters is 4. The number of carbonyl (C=O) groups is 4. The third-order valence-corrected chi connectivity index (χ3v) is 5.29. The molecule has 1 heterocycles. The minimum atomic E-state index is -1.06. The van der Waals surface area contributed by atoms with Gasteiger partial charge in [0.05, 0.1) is 5.25 Å². The molecule has 0 amide bonds. The molecule has 10 nitrogen and oxygen atoms in total. The van der Waals surface area contributed by atoms with Crippen molar-refractivity contribution in [2.75, 3.05) is 13.2 Å². The lowest BCUT2D eigenvalue weighted by atomic mass is 10.0. The van der Waals surface area contributed by atoms with Gasteiger partial charge in [-0.2, -0.15) is 0 Å². The van der Waals surface area contributed by atoms with Crippen LogP contribution in [0.5, 0.6) is 0 Å². The highest BCUT2D eigenvalue weighted by Crippen LogP contribution is 2.37.